The van der Waals surface area contributed by atoms with E-state index in [1.165, 1.54) is 16.7 Å². The molecule has 0 saturated heterocycles. The molecule has 258 valence electrons. The van der Waals surface area contributed by atoms with Crippen LogP contribution in [-0.4, -0.2) is 0 Å². The predicted molar refractivity (Wildman–Crippen MR) is 229 cm³/mol. The van der Waals surface area contributed by atoms with Gasteiger partial charge in [0, 0.05) is 38.3 Å². The number of hydrogen-bond donors (Lipinski definition) is 0. The predicted octanol–water partition coefficient (Wildman–Crippen LogP) is 15.1. The highest BCUT2D eigenvalue weighted by Crippen LogP contribution is 2.45. The summed E-state index contributed by atoms with van der Waals surface area (Å²) in [6.07, 6.45) is 0. The van der Waals surface area contributed by atoms with Gasteiger partial charge in [-0.25, -0.2) is 0 Å². The van der Waals surface area contributed by atoms with Gasteiger partial charge >= 0.3 is 0 Å². The highest BCUT2D eigenvalue weighted by Gasteiger charge is 2.21. The van der Waals surface area contributed by atoms with Gasteiger partial charge in [-0.15, -0.1) is 0 Å². The zero-order valence-corrected chi connectivity index (χ0v) is 29.8. The third kappa shape index (κ3) is 5.20. The molecular weight excluding hydrogens is 671 g/mol. The summed E-state index contributed by atoms with van der Waals surface area (Å²) in [5.74, 6) is 0. The maximum atomic E-state index is 6.89. The fourth-order valence-corrected chi connectivity index (χ4v) is 8.22. The Morgan fingerprint density at radius 1 is 0.309 bits per heavy atom. The summed E-state index contributed by atoms with van der Waals surface area (Å²) in [5, 5.41) is 6.73. The molecule has 11 aromatic rings. The molecule has 0 radical (unpaired) electrons. The maximum absolute atomic E-state index is 6.89. The monoisotopic (exact) mass is 703 g/mol. The quantitative estimate of drug-likeness (QED) is 0.173. The number of benzene rings is 9. The van der Waals surface area contributed by atoms with Crippen molar-refractivity contribution in [2.75, 3.05) is 4.90 Å². The molecule has 0 atom stereocenters. The van der Waals surface area contributed by atoms with Crippen molar-refractivity contribution in [3.63, 3.8) is 0 Å². The first-order valence-electron chi connectivity index (χ1n) is 18.7. The number of furan rings is 2. The van der Waals surface area contributed by atoms with Crippen LogP contribution in [0.25, 0.3) is 88.0 Å². The van der Waals surface area contributed by atoms with Gasteiger partial charge in [-0.05, 0) is 93.4 Å². The van der Waals surface area contributed by atoms with Crippen LogP contribution in [0.4, 0.5) is 17.1 Å². The molecular formula is C52H33NO2. The normalized spacial score (nSPS) is 11.6. The van der Waals surface area contributed by atoms with Crippen molar-refractivity contribution >= 4 is 71.7 Å². The topological polar surface area (TPSA) is 29.5 Å². The first kappa shape index (κ1) is 31.2. The Kier molecular flexibility index (Phi) is 7.17. The SMILES string of the molecule is c1ccc(-c2ccccc2-c2ccc(N(c3ccc(-c4ccc5oc6ccccc6c5c4)cc3)c3cccc4c3oc3c5ccccc5ccc43)cc2)cc1. The van der Waals surface area contributed by atoms with Crippen molar-refractivity contribution in [1.29, 1.82) is 0 Å². The van der Waals surface area contributed by atoms with Gasteiger partial charge in [0.1, 0.15) is 16.7 Å². The van der Waals surface area contributed by atoms with Gasteiger partial charge in [0.05, 0.1) is 5.69 Å². The van der Waals surface area contributed by atoms with Crippen molar-refractivity contribution in [3.8, 4) is 33.4 Å². The van der Waals surface area contributed by atoms with Crippen LogP contribution in [0, 0.1) is 0 Å². The van der Waals surface area contributed by atoms with Gasteiger partial charge in [-0.2, -0.15) is 0 Å². The lowest BCUT2D eigenvalue weighted by Crippen LogP contribution is -2.10. The Hall–Kier alpha value is -7.36. The molecule has 0 unspecified atom stereocenters. The molecule has 11 rings (SSSR count). The van der Waals surface area contributed by atoms with Crippen LogP contribution in [0.1, 0.15) is 0 Å². The standard InChI is InChI=1S/C52H33NO2/c1-2-11-35(12-3-1)41-14-6-7-15-42(41)37-23-29-40(30-24-37)53(48-19-10-18-45-46-31-25-36-13-4-5-16-43(36)51(46)55-52(45)48)39-27-21-34(22-28-39)38-26-32-50-47(33-38)44-17-8-9-20-49(44)54-50/h1-33H. The summed E-state index contributed by atoms with van der Waals surface area (Å²) in [6.45, 7) is 0. The van der Waals surface area contributed by atoms with Gasteiger partial charge in [0.25, 0.3) is 0 Å². The highest BCUT2D eigenvalue weighted by atomic mass is 16.3. The molecule has 0 amide bonds. The summed E-state index contributed by atoms with van der Waals surface area (Å²) in [5.41, 5.74) is 13.7. The Labute approximate surface area is 317 Å². The van der Waals surface area contributed by atoms with Crippen LogP contribution in [0.3, 0.4) is 0 Å². The van der Waals surface area contributed by atoms with Crippen LogP contribution < -0.4 is 4.90 Å². The second-order valence-electron chi connectivity index (χ2n) is 14.1. The van der Waals surface area contributed by atoms with E-state index in [0.29, 0.717) is 0 Å². The first-order chi connectivity index (χ1) is 27.3. The highest BCUT2D eigenvalue weighted by molar-refractivity contribution is 6.17. The number of anilines is 3. The zero-order chi connectivity index (χ0) is 36.3. The molecule has 0 spiro atoms. The fraction of sp³-hybridized carbons (Fsp3) is 0. The Morgan fingerprint density at radius 2 is 0.891 bits per heavy atom. The number of fused-ring (bicyclic) bond motifs is 8. The average Bonchev–Trinajstić information content (AvgIpc) is 3.84. The van der Waals surface area contributed by atoms with E-state index in [4.69, 9.17) is 8.83 Å². The molecule has 0 bridgehead atoms. The van der Waals surface area contributed by atoms with Crippen molar-refractivity contribution in [1.82, 2.24) is 0 Å². The van der Waals surface area contributed by atoms with E-state index in [2.05, 4.69) is 193 Å². The van der Waals surface area contributed by atoms with Gasteiger partial charge < -0.3 is 13.7 Å². The lowest BCUT2D eigenvalue weighted by molar-refractivity contribution is 0.669. The lowest BCUT2D eigenvalue weighted by atomic mass is 9.94. The molecule has 0 N–H and O–H groups in total. The minimum absolute atomic E-state index is 0.855. The van der Waals surface area contributed by atoms with Gasteiger partial charge in [0.15, 0.2) is 5.58 Å². The zero-order valence-electron chi connectivity index (χ0n) is 29.8. The summed E-state index contributed by atoms with van der Waals surface area (Å²) in [4.78, 5) is 2.32. The summed E-state index contributed by atoms with van der Waals surface area (Å²) >= 11 is 0. The van der Waals surface area contributed by atoms with Gasteiger partial charge in [0.2, 0.25) is 0 Å². The molecule has 3 heteroatoms. The van der Waals surface area contributed by atoms with Crippen LogP contribution in [0.15, 0.2) is 209 Å². The molecule has 2 aromatic heterocycles. The second kappa shape index (κ2) is 12.6. The van der Waals surface area contributed by atoms with Crippen molar-refractivity contribution in [2.24, 2.45) is 0 Å². The lowest BCUT2D eigenvalue weighted by Gasteiger charge is -2.26. The summed E-state index contributed by atoms with van der Waals surface area (Å²) < 4.78 is 13.0. The van der Waals surface area contributed by atoms with E-state index in [-0.39, 0.29) is 0 Å². The van der Waals surface area contributed by atoms with E-state index in [9.17, 15) is 0 Å². The number of hydrogen-bond acceptors (Lipinski definition) is 3. The van der Waals surface area contributed by atoms with E-state index in [1.54, 1.807) is 0 Å². The van der Waals surface area contributed by atoms with Crippen LogP contribution in [-0.2, 0) is 0 Å². The summed E-state index contributed by atoms with van der Waals surface area (Å²) in [7, 11) is 0. The molecule has 0 aliphatic heterocycles. The third-order valence-electron chi connectivity index (χ3n) is 10.9. The molecule has 2 heterocycles. The fourth-order valence-electron chi connectivity index (χ4n) is 8.22. The Bertz CT molecular complexity index is 3190. The van der Waals surface area contributed by atoms with E-state index < -0.39 is 0 Å². The smallest absolute Gasteiger partial charge is 0.159 e. The Morgan fingerprint density at radius 3 is 1.67 bits per heavy atom. The largest absolute Gasteiger partial charge is 0.456 e. The van der Waals surface area contributed by atoms with E-state index >= 15 is 0 Å². The van der Waals surface area contributed by atoms with Crippen molar-refractivity contribution < 1.29 is 8.83 Å². The molecule has 0 aliphatic carbocycles. The number of para-hydroxylation sites is 2. The molecule has 3 nitrogen and oxygen atoms in total. The van der Waals surface area contributed by atoms with Crippen LogP contribution in [0.5, 0.6) is 0 Å². The molecule has 55 heavy (non-hydrogen) atoms. The molecule has 0 fully saturated rings. The van der Waals surface area contributed by atoms with Crippen molar-refractivity contribution in [3.05, 3.63) is 200 Å². The van der Waals surface area contributed by atoms with E-state index in [1.807, 2.05) is 12.1 Å². The van der Waals surface area contributed by atoms with Gasteiger partial charge in [-0.3, -0.25) is 0 Å². The average molecular weight is 704 g/mol. The first-order valence-corrected chi connectivity index (χ1v) is 18.7. The minimum atomic E-state index is 0.855. The van der Waals surface area contributed by atoms with Gasteiger partial charge in [-0.1, -0.05) is 146 Å². The van der Waals surface area contributed by atoms with Crippen molar-refractivity contribution in [2.45, 2.75) is 0 Å². The Balaban J connectivity index is 1.06. The molecule has 0 saturated carbocycles. The second-order valence-corrected chi connectivity index (χ2v) is 14.1. The van der Waals surface area contributed by atoms with Crippen LogP contribution >= 0.6 is 0 Å². The number of rotatable bonds is 6. The molecule has 0 aliphatic rings. The molecule has 9 aromatic carbocycles. The van der Waals surface area contributed by atoms with Crippen LogP contribution in [0.2, 0.25) is 0 Å². The summed E-state index contributed by atoms with van der Waals surface area (Å²) in [6, 6.07) is 70.9. The third-order valence-corrected chi connectivity index (χ3v) is 10.9. The number of nitrogens with zero attached hydrogens (tertiary/aromatic N) is 1. The van der Waals surface area contributed by atoms with E-state index in [0.717, 1.165) is 88.4 Å². The maximum Gasteiger partial charge on any atom is 0.159 e. The minimum Gasteiger partial charge on any atom is -0.456 e.